The number of hydrogen-bond donors (Lipinski definition) is 3. The number of anilines is 1. The Morgan fingerprint density at radius 3 is 2.48 bits per heavy atom. The lowest BCUT2D eigenvalue weighted by atomic mass is 10.1. The average molecular weight is 469 g/mol. The Bertz CT molecular complexity index is 851. The molecule has 0 aromatic carbocycles. The summed E-state index contributed by atoms with van der Waals surface area (Å²) in [6.45, 7) is 5.54. The fraction of sp³-hybridized carbons (Fsp3) is 0.667. The summed E-state index contributed by atoms with van der Waals surface area (Å²) >= 11 is 0. The van der Waals surface area contributed by atoms with Gasteiger partial charge < -0.3 is 25.6 Å². The topological polar surface area (TPSA) is 146 Å². The van der Waals surface area contributed by atoms with Crippen LogP contribution in [-0.2, 0) is 19.1 Å². The summed E-state index contributed by atoms with van der Waals surface area (Å²) in [4.78, 5) is 39.7. The predicted octanol–water partition coefficient (Wildman–Crippen LogP) is 0.680. The van der Waals surface area contributed by atoms with E-state index in [9.17, 15) is 28.3 Å². The number of ether oxygens (including phenoxy) is 2. The van der Waals surface area contributed by atoms with E-state index in [1.807, 2.05) is 0 Å². The first kappa shape index (κ1) is 26.9. The van der Waals surface area contributed by atoms with Crippen LogP contribution in [0.15, 0.2) is 17.1 Å². The van der Waals surface area contributed by atoms with Crippen LogP contribution in [0.4, 0.5) is 14.6 Å². The molecule has 13 heteroatoms. The third-order valence-electron chi connectivity index (χ3n) is 4.60. The lowest BCUT2D eigenvalue weighted by Gasteiger charge is -2.24. The number of nitrogens with zero attached hydrogens (tertiary/aromatic N) is 2. The van der Waals surface area contributed by atoms with Crippen LogP contribution in [-0.4, -0.2) is 57.3 Å². The van der Waals surface area contributed by atoms with Crippen molar-refractivity contribution >= 4 is 30.1 Å². The van der Waals surface area contributed by atoms with E-state index in [4.69, 9.17) is 15.2 Å². The summed E-state index contributed by atoms with van der Waals surface area (Å²) < 4.78 is 40.3. The molecule has 2 heterocycles. The van der Waals surface area contributed by atoms with Gasteiger partial charge in [-0.1, -0.05) is 27.7 Å². The number of aliphatic hydroxyl groups excluding tert-OH is 1. The first-order valence-electron chi connectivity index (χ1n) is 9.40. The molecule has 1 aliphatic rings. The molecule has 31 heavy (non-hydrogen) atoms. The molecule has 0 aliphatic carbocycles. The molecule has 4 N–H and O–H groups in total. The van der Waals surface area contributed by atoms with E-state index in [0.29, 0.717) is 4.57 Å². The Hall–Kier alpha value is -2.15. The predicted molar refractivity (Wildman–Crippen MR) is 108 cm³/mol. The molecular weight excluding hydrogens is 442 g/mol. The van der Waals surface area contributed by atoms with Crippen molar-refractivity contribution in [1.29, 1.82) is 0 Å². The number of aromatic nitrogens is 2. The summed E-state index contributed by atoms with van der Waals surface area (Å²) in [6, 6.07) is 0.283. The molecule has 0 radical (unpaired) electrons. The molecule has 1 saturated heterocycles. The maximum Gasteiger partial charge on any atom is 0.351 e. The minimum atomic E-state index is -3.83. The van der Waals surface area contributed by atoms with Gasteiger partial charge in [0.2, 0.25) is 12.1 Å². The van der Waals surface area contributed by atoms with Gasteiger partial charge in [0.1, 0.15) is 11.9 Å². The molecule has 1 aliphatic heterocycles. The zero-order valence-corrected chi connectivity index (χ0v) is 18.3. The summed E-state index contributed by atoms with van der Waals surface area (Å²) in [5.74, 6) is -6.32. The van der Waals surface area contributed by atoms with E-state index in [1.54, 1.807) is 13.8 Å². The first-order valence-corrected chi connectivity index (χ1v) is 9.40. The Labute approximate surface area is 183 Å². The Morgan fingerprint density at radius 2 is 2.00 bits per heavy atom. The van der Waals surface area contributed by atoms with Gasteiger partial charge in [-0.05, 0) is 12.0 Å². The van der Waals surface area contributed by atoms with Crippen molar-refractivity contribution in [3.8, 4) is 0 Å². The van der Waals surface area contributed by atoms with Gasteiger partial charge in [0.25, 0.3) is 0 Å². The van der Waals surface area contributed by atoms with Gasteiger partial charge >= 0.3 is 17.6 Å². The van der Waals surface area contributed by atoms with Crippen molar-refractivity contribution in [2.45, 2.75) is 58.1 Å². The molecule has 0 bridgehead atoms. The first-order chi connectivity index (χ1) is 13.9. The molecule has 1 aromatic rings. The fourth-order valence-electron chi connectivity index (χ4n) is 2.69. The highest BCUT2D eigenvalue weighted by molar-refractivity contribution is 5.93. The van der Waals surface area contributed by atoms with Gasteiger partial charge in [0, 0.05) is 6.20 Å². The minimum Gasteiger partial charge on any atom is -0.453 e. The third kappa shape index (κ3) is 5.76. The lowest BCUT2D eigenvalue weighted by Crippen LogP contribution is -2.45. The quantitative estimate of drug-likeness (QED) is 0.495. The number of rotatable bonds is 7. The number of alkyl halides is 2. The minimum absolute atomic E-state index is 0. The molecule has 1 amide bonds. The molecule has 4 atom stereocenters. The fourth-order valence-corrected chi connectivity index (χ4v) is 2.69. The largest absolute Gasteiger partial charge is 0.453 e. The van der Waals surface area contributed by atoms with Crippen LogP contribution in [0.25, 0.3) is 0 Å². The third-order valence-corrected chi connectivity index (χ3v) is 4.60. The van der Waals surface area contributed by atoms with Crippen LogP contribution in [0.1, 0.15) is 33.9 Å². The molecule has 1 unspecified atom stereocenters. The number of esters is 1. The molecule has 1 aromatic heterocycles. The highest BCUT2D eigenvalue weighted by Crippen LogP contribution is 2.44. The van der Waals surface area contributed by atoms with Crippen LogP contribution >= 0.6 is 12.4 Å². The van der Waals surface area contributed by atoms with E-state index in [2.05, 4.69) is 10.3 Å². The Morgan fingerprint density at radius 1 is 1.39 bits per heavy atom. The molecule has 0 spiro atoms. The van der Waals surface area contributed by atoms with Gasteiger partial charge in [0.15, 0.2) is 6.10 Å². The summed E-state index contributed by atoms with van der Waals surface area (Å²) in [5, 5.41) is 11.7. The zero-order chi connectivity index (χ0) is 22.8. The Balaban J connectivity index is 0.00000480. The highest BCUT2D eigenvalue weighted by Gasteiger charge is 2.62. The van der Waals surface area contributed by atoms with Crippen LogP contribution in [0, 0.1) is 11.8 Å². The number of carbonyl (C=O) groups excluding carboxylic acids is 2. The van der Waals surface area contributed by atoms with Crippen LogP contribution in [0.3, 0.4) is 0 Å². The maximum absolute atomic E-state index is 14.9. The number of hydrogen-bond acceptors (Lipinski definition) is 8. The molecule has 1 fully saturated rings. The number of nitrogens with one attached hydrogen (secondary N) is 1. The maximum atomic E-state index is 14.9. The van der Waals surface area contributed by atoms with Crippen LogP contribution in [0.5, 0.6) is 0 Å². The van der Waals surface area contributed by atoms with E-state index in [-0.39, 0.29) is 24.1 Å². The lowest BCUT2D eigenvalue weighted by molar-refractivity contribution is -0.179. The van der Waals surface area contributed by atoms with Crippen molar-refractivity contribution in [1.82, 2.24) is 9.55 Å². The van der Waals surface area contributed by atoms with Gasteiger partial charge in [0.05, 0.1) is 18.6 Å². The van der Waals surface area contributed by atoms with Crippen molar-refractivity contribution < 1.29 is 33.0 Å². The van der Waals surface area contributed by atoms with E-state index >= 15 is 0 Å². The number of amides is 1. The molecule has 176 valence electrons. The second-order valence-corrected chi connectivity index (χ2v) is 7.66. The second-order valence-electron chi connectivity index (χ2n) is 7.66. The van der Waals surface area contributed by atoms with Crippen LogP contribution < -0.4 is 16.7 Å². The van der Waals surface area contributed by atoms with Crippen molar-refractivity contribution in [3.63, 3.8) is 0 Å². The van der Waals surface area contributed by atoms with Crippen molar-refractivity contribution in [3.05, 3.63) is 22.7 Å². The number of nitrogens with two attached hydrogens (primary N) is 1. The molecule has 0 saturated carbocycles. The molecule has 10 nitrogen and oxygen atoms in total. The SMILES string of the molecule is CC(C)C(=O)O[C@@H]1[C@@H](CO)O[C@@H](n2ccc(NC(=O)C(N)C(C)C)nc2=O)C1(F)F.Cl. The normalized spacial score (nSPS) is 23.4. The highest BCUT2D eigenvalue weighted by atomic mass is 35.5. The molecular formula is C18H27ClF2N4O6. The number of carbonyl (C=O) groups is 2. The van der Waals surface area contributed by atoms with Crippen LogP contribution in [0.2, 0.25) is 0 Å². The number of halogens is 3. The van der Waals surface area contributed by atoms with Gasteiger partial charge in [-0.2, -0.15) is 13.8 Å². The Kier molecular flexibility index (Phi) is 9.06. The van der Waals surface area contributed by atoms with Crippen molar-refractivity contribution in [2.24, 2.45) is 17.6 Å². The van der Waals surface area contributed by atoms with E-state index in [0.717, 1.165) is 12.3 Å². The van der Waals surface area contributed by atoms with E-state index < -0.39 is 60.5 Å². The molecule has 2 rings (SSSR count). The van der Waals surface area contributed by atoms with Gasteiger partial charge in [-0.25, -0.2) is 4.79 Å². The average Bonchev–Trinajstić information content (AvgIpc) is 2.91. The summed E-state index contributed by atoms with van der Waals surface area (Å²) in [7, 11) is 0. The zero-order valence-electron chi connectivity index (χ0n) is 17.5. The van der Waals surface area contributed by atoms with Gasteiger partial charge in [-0.3, -0.25) is 14.2 Å². The smallest absolute Gasteiger partial charge is 0.351 e. The summed E-state index contributed by atoms with van der Waals surface area (Å²) in [6.07, 6.45) is -4.83. The summed E-state index contributed by atoms with van der Waals surface area (Å²) in [5.41, 5.74) is 4.57. The number of aliphatic hydroxyl groups is 1. The van der Waals surface area contributed by atoms with Crippen molar-refractivity contribution in [2.75, 3.05) is 11.9 Å². The van der Waals surface area contributed by atoms with Gasteiger partial charge in [-0.15, -0.1) is 12.4 Å². The monoisotopic (exact) mass is 468 g/mol. The standard InChI is InChI=1S/C18H26F2N4O6.ClH/c1-8(2)12(21)14(26)22-11-5-6-24(17(28)23-11)16-18(19,20)13(10(7-25)29-16)30-15(27)9(3)4;/h5-6,8-10,12-13,16,25H,7,21H2,1-4H3,(H,22,23,26,28);1H/t10-,12?,13-,16-;/m1./s1. The van der Waals surface area contributed by atoms with E-state index in [1.165, 1.54) is 13.8 Å². The second kappa shape index (κ2) is 10.4.